The lowest BCUT2D eigenvalue weighted by atomic mass is 10.1. The quantitative estimate of drug-likeness (QED) is 0.879. The topological polar surface area (TPSA) is 69.6 Å². The molecule has 2 aromatic carbocycles. The Bertz CT molecular complexity index is 743. The summed E-state index contributed by atoms with van der Waals surface area (Å²) in [7, 11) is 0. The van der Waals surface area contributed by atoms with E-state index in [0.29, 0.717) is 11.5 Å². The number of hydrogen-bond donors (Lipinski definition) is 2. The molecule has 0 spiro atoms. The first-order chi connectivity index (χ1) is 12.0. The summed E-state index contributed by atoms with van der Waals surface area (Å²) in [5.74, 6) is -0.783. The number of rotatable bonds is 5. The molecule has 2 N–H and O–H groups in total. The molecule has 2 aromatic rings. The molecule has 0 aliphatic carbocycles. The maximum atomic E-state index is 12.4. The number of benzene rings is 2. The average Bonchev–Trinajstić information content (AvgIpc) is 2.95. The van der Waals surface area contributed by atoms with Crippen LogP contribution >= 0.6 is 0 Å². The highest BCUT2D eigenvalue weighted by molar-refractivity contribution is 5.96. The van der Waals surface area contributed by atoms with E-state index in [0.717, 1.165) is 19.6 Å². The molecule has 3 rings (SSSR count). The molecule has 0 saturated carbocycles. The lowest BCUT2D eigenvalue weighted by Crippen LogP contribution is -2.39. The maximum absolute atomic E-state index is 12.4. The van der Waals surface area contributed by atoms with Gasteiger partial charge in [-0.3, -0.25) is 9.69 Å². The molecule has 1 aliphatic heterocycles. The van der Waals surface area contributed by atoms with Crippen LogP contribution in [0.25, 0.3) is 0 Å². The minimum atomic E-state index is -0.993. The average molecular weight is 338 g/mol. The van der Waals surface area contributed by atoms with Crippen molar-refractivity contribution in [2.45, 2.75) is 19.5 Å². The zero-order valence-corrected chi connectivity index (χ0v) is 14.2. The van der Waals surface area contributed by atoms with Gasteiger partial charge in [-0.2, -0.15) is 0 Å². The van der Waals surface area contributed by atoms with Crippen LogP contribution < -0.4 is 5.32 Å². The summed E-state index contributed by atoms with van der Waals surface area (Å²) in [6.45, 7) is 4.78. The smallest absolute Gasteiger partial charge is 0.335 e. The van der Waals surface area contributed by atoms with E-state index in [1.807, 2.05) is 18.2 Å². The van der Waals surface area contributed by atoms with Gasteiger partial charge in [0.05, 0.1) is 5.56 Å². The zero-order valence-electron chi connectivity index (χ0n) is 14.2. The van der Waals surface area contributed by atoms with Gasteiger partial charge in [0.1, 0.15) is 0 Å². The van der Waals surface area contributed by atoms with Crippen LogP contribution in [0.2, 0.25) is 0 Å². The normalized spacial score (nSPS) is 20.4. The Balaban J connectivity index is 1.58. The van der Waals surface area contributed by atoms with Gasteiger partial charge in [-0.1, -0.05) is 37.3 Å². The standard InChI is InChI=1S/C20H22N2O3/c1-14-11-22(12-15-5-3-2-4-6-15)13-18(14)21-19(23)16-7-9-17(10-8-16)20(24)25/h2-10,14,18H,11-13H2,1H3,(H,21,23)(H,24,25). The molecule has 25 heavy (non-hydrogen) atoms. The van der Waals surface area contributed by atoms with Gasteiger partial charge in [0.15, 0.2) is 0 Å². The maximum Gasteiger partial charge on any atom is 0.335 e. The highest BCUT2D eigenvalue weighted by Gasteiger charge is 2.30. The van der Waals surface area contributed by atoms with Crippen molar-refractivity contribution in [2.24, 2.45) is 5.92 Å². The monoisotopic (exact) mass is 338 g/mol. The van der Waals surface area contributed by atoms with Crippen LogP contribution in [0.1, 0.15) is 33.2 Å². The van der Waals surface area contributed by atoms with Crippen LogP contribution in [0.5, 0.6) is 0 Å². The van der Waals surface area contributed by atoms with Gasteiger partial charge >= 0.3 is 5.97 Å². The first-order valence-corrected chi connectivity index (χ1v) is 8.43. The molecule has 2 atom stereocenters. The predicted molar refractivity (Wildman–Crippen MR) is 95.5 cm³/mol. The second-order valence-electron chi connectivity index (χ2n) is 6.62. The molecule has 2 unspecified atom stereocenters. The third-order valence-corrected chi connectivity index (χ3v) is 4.65. The molecule has 1 aliphatic rings. The third kappa shape index (κ3) is 4.25. The van der Waals surface area contributed by atoms with Crippen molar-refractivity contribution in [3.05, 3.63) is 71.3 Å². The number of nitrogens with zero attached hydrogens (tertiary/aromatic N) is 1. The van der Waals surface area contributed by atoms with E-state index < -0.39 is 5.97 Å². The van der Waals surface area contributed by atoms with Gasteiger partial charge in [-0.05, 0) is 35.7 Å². The number of carbonyl (C=O) groups is 2. The van der Waals surface area contributed by atoms with E-state index in [1.54, 1.807) is 12.1 Å². The van der Waals surface area contributed by atoms with E-state index in [2.05, 4.69) is 29.3 Å². The highest BCUT2D eigenvalue weighted by atomic mass is 16.4. The molecule has 5 heteroatoms. The van der Waals surface area contributed by atoms with Gasteiger partial charge in [-0.15, -0.1) is 0 Å². The van der Waals surface area contributed by atoms with Crippen molar-refractivity contribution in [3.8, 4) is 0 Å². The number of amides is 1. The SMILES string of the molecule is CC1CN(Cc2ccccc2)CC1NC(=O)c1ccc(C(=O)O)cc1. The van der Waals surface area contributed by atoms with Crippen LogP contribution in [0.3, 0.4) is 0 Å². The molecular formula is C20H22N2O3. The van der Waals surface area contributed by atoms with Gasteiger partial charge in [-0.25, -0.2) is 4.79 Å². The van der Waals surface area contributed by atoms with E-state index >= 15 is 0 Å². The van der Waals surface area contributed by atoms with Gasteiger partial charge in [0, 0.05) is 31.2 Å². The number of carboxylic acids is 1. The highest BCUT2D eigenvalue weighted by Crippen LogP contribution is 2.19. The molecule has 1 fully saturated rings. The summed E-state index contributed by atoms with van der Waals surface area (Å²) in [5.41, 5.74) is 1.93. The molecule has 1 amide bonds. The summed E-state index contributed by atoms with van der Waals surface area (Å²) in [5, 5.41) is 12.0. The summed E-state index contributed by atoms with van der Waals surface area (Å²) < 4.78 is 0. The van der Waals surface area contributed by atoms with Crippen molar-refractivity contribution in [3.63, 3.8) is 0 Å². The fraction of sp³-hybridized carbons (Fsp3) is 0.300. The number of hydrogen-bond acceptors (Lipinski definition) is 3. The van der Waals surface area contributed by atoms with E-state index in [1.165, 1.54) is 17.7 Å². The fourth-order valence-corrected chi connectivity index (χ4v) is 3.24. The summed E-state index contributed by atoms with van der Waals surface area (Å²) >= 11 is 0. The Morgan fingerprint density at radius 3 is 2.32 bits per heavy atom. The molecule has 130 valence electrons. The van der Waals surface area contributed by atoms with Crippen LogP contribution in [-0.2, 0) is 6.54 Å². The first kappa shape index (κ1) is 17.2. The summed E-state index contributed by atoms with van der Waals surface area (Å²) in [4.78, 5) is 25.6. The third-order valence-electron chi connectivity index (χ3n) is 4.65. The predicted octanol–water partition coefficient (Wildman–Crippen LogP) is 2.64. The Hall–Kier alpha value is -2.66. The van der Waals surface area contributed by atoms with E-state index in [4.69, 9.17) is 5.11 Å². The second kappa shape index (κ2) is 7.49. The number of carboxylic acid groups (broad SMARTS) is 1. The molecule has 1 saturated heterocycles. The molecule has 1 heterocycles. The van der Waals surface area contributed by atoms with Crippen molar-refractivity contribution in [2.75, 3.05) is 13.1 Å². The van der Waals surface area contributed by atoms with E-state index in [-0.39, 0.29) is 17.5 Å². The lowest BCUT2D eigenvalue weighted by Gasteiger charge is -2.17. The number of likely N-dealkylation sites (tertiary alicyclic amines) is 1. The van der Waals surface area contributed by atoms with Crippen molar-refractivity contribution in [1.29, 1.82) is 0 Å². The van der Waals surface area contributed by atoms with Crippen molar-refractivity contribution < 1.29 is 14.7 Å². The summed E-state index contributed by atoms with van der Waals surface area (Å²) in [6, 6.07) is 16.4. The Morgan fingerprint density at radius 1 is 1.04 bits per heavy atom. The number of carbonyl (C=O) groups excluding carboxylic acids is 1. The van der Waals surface area contributed by atoms with Gasteiger partial charge in [0.2, 0.25) is 0 Å². The van der Waals surface area contributed by atoms with E-state index in [9.17, 15) is 9.59 Å². The Labute approximate surface area is 147 Å². The Kier molecular flexibility index (Phi) is 5.14. The van der Waals surface area contributed by atoms with Crippen molar-refractivity contribution in [1.82, 2.24) is 10.2 Å². The fourth-order valence-electron chi connectivity index (χ4n) is 3.24. The Morgan fingerprint density at radius 2 is 1.68 bits per heavy atom. The zero-order chi connectivity index (χ0) is 17.8. The van der Waals surface area contributed by atoms with Crippen molar-refractivity contribution >= 4 is 11.9 Å². The molecular weight excluding hydrogens is 316 g/mol. The molecule has 0 bridgehead atoms. The minimum absolute atomic E-state index is 0.0929. The van der Waals surface area contributed by atoms with Crippen LogP contribution in [-0.4, -0.2) is 41.0 Å². The molecule has 5 nitrogen and oxygen atoms in total. The molecule has 0 aromatic heterocycles. The van der Waals surface area contributed by atoms with Crippen LogP contribution in [0.4, 0.5) is 0 Å². The van der Waals surface area contributed by atoms with Gasteiger partial charge in [0.25, 0.3) is 5.91 Å². The lowest BCUT2D eigenvalue weighted by molar-refractivity contribution is 0.0696. The molecule has 0 radical (unpaired) electrons. The van der Waals surface area contributed by atoms with Crippen LogP contribution in [0, 0.1) is 5.92 Å². The van der Waals surface area contributed by atoms with Gasteiger partial charge < -0.3 is 10.4 Å². The minimum Gasteiger partial charge on any atom is -0.478 e. The number of aromatic carboxylic acids is 1. The number of nitrogens with one attached hydrogen (secondary N) is 1. The largest absolute Gasteiger partial charge is 0.478 e. The second-order valence-corrected chi connectivity index (χ2v) is 6.62. The first-order valence-electron chi connectivity index (χ1n) is 8.43. The summed E-state index contributed by atoms with van der Waals surface area (Å²) in [6.07, 6.45) is 0. The van der Waals surface area contributed by atoms with Crippen LogP contribution in [0.15, 0.2) is 54.6 Å².